The van der Waals surface area contributed by atoms with Crippen LogP contribution in [0, 0.1) is 0 Å². The van der Waals surface area contributed by atoms with Gasteiger partial charge in [-0.1, -0.05) is 133 Å². The Morgan fingerprint density at radius 2 is 0.711 bits per heavy atom. The predicted molar refractivity (Wildman–Crippen MR) is 158 cm³/mol. The van der Waals surface area contributed by atoms with Crippen LogP contribution in [-0.4, -0.2) is 4.89 Å². The molecule has 2 saturated heterocycles. The maximum absolute atomic E-state index is 13.0. The molecule has 3 nitrogen and oxygen atoms in total. The van der Waals surface area contributed by atoms with E-state index in [0.717, 1.165) is 47.9 Å². The maximum Gasteiger partial charge on any atom is 0.215 e. The lowest BCUT2D eigenvalue weighted by molar-refractivity contribution is 0.465. The van der Waals surface area contributed by atoms with Gasteiger partial charge in [-0.05, 0) is 47.9 Å². The van der Waals surface area contributed by atoms with Gasteiger partial charge in [-0.2, -0.15) is 0 Å². The summed E-state index contributed by atoms with van der Waals surface area (Å²) in [6.07, 6.45) is 3.39. The Bertz CT molecular complexity index is 1200. The second kappa shape index (κ2) is 11.8. The van der Waals surface area contributed by atoms with Crippen molar-refractivity contribution >= 4 is 25.1 Å². The zero-order valence-corrected chi connectivity index (χ0v) is 23.8. The average molecular weight is 563 g/mol. The lowest BCUT2D eigenvalue weighted by Crippen LogP contribution is -1.97. The van der Waals surface area contributed by atoms with Gasteiger partial charge in [0.1, 0.15) is 0 Å². The van der Waals surface area contributed by atoms with E-state index in [-0.39, 0.29) is 22.6 Å². The van der Waals surface area contributed by atoms with Crippen molar-refractivity contribution in [3.63, 3.8) is 0 Å². The molecule has 0 saturated carbocycles. The Labute approximate surface area is 230 Å². The van der Waals surface area contributed by atoms with Gasteiger partial charge in [0.05, 0.1) is 22.6 Å². The molecule has 2 aliphatic heterocycles. The first-order chi connectivity index (χ1) is 18.4. The van der Waals surface area contributed by atoms with Crippen LogP contribution in [0.3, 0.4) is 0 Å². The van der Waals surface area contributed by atoms with Crippen molar-refractivity contribution < 1.29 is 14.0 Å². The molecule has 0 bridgehead atoms. The van der Waals surface area contributed by atoms with Crippen LogP contribution in [0.2, 0.25) is 0 Å². The number of hydrogen-bond donors (Lipinski definition) is 1. The Hall–Kier alpha value is -2.41. The van der Waals surface area contributed by atoms with Gasteiger partial charge >= 0.3 is 0 Å². The van der Waals surface area contributed by atoms with Crippen LogP contribution in [0.15, 0.2) is 121 Å². The highest BCUT2D eigenvalue weighted by Gasteiger charge is 2.47. The zero-order chi connectivity index (χ0) is 26.6. The van der Waals surface area contributed by atoms with E-state index in [9.17, 15) is 14.0 Å². The quantitative estimate of drug-likeness (QED) is 0.252. The third kappa shape index (κ3) is 5.63. The predicted octanol–water partition coefficient (Wildman–Crippen LogP) is 10.3. The van der Waals surface area contributed by atoms with Crippen LogP contribution in [0.25, 0.3) is 0 Å². The fraction of sp³-hybridized carbons (Fsp3) is 0.250. The molecule has 0 spiro atoms. The molecule has 2 heterocycles. The maximum atomic E-state index is 13.0. The third-order valence-electron chi connectivity index (χ3n) is 7.91. The largest absolute Gasteiger partial charge is 0.343 e. The molecule has 0 aliphatic carbocycles. The second-order valence-electron chi connectivity index (χ2n) is 10.2. The van der Waals surface area contributed by atoms with Gasteiger partial charge in [-0.25, -0.2) is 0 Å². The van der Waals surface area contributed by atoms with Gasteiger partial charge in [0.15, 0.2) is 6.49 Å². The molecular formula is C32H33ClO3P2. The first kappa shape index (κ1) is 27.2. The molecule has 38 heavy (non-hydrogen) atoms. The number of rotatable bonds is 4. The Kier molecular flexibility index (Phi) is 8.41. The number of benzene rings is 4. The van der Waals surface area contributed by atoms with E-state index in [2.05, 4.69) is 0 Å². The SMILES string of the molecule is O=P1(Cl)[C@H](c2ccccc2)CC[C@H]1c1ccccc1.O=P1(O)[C@H](c2ccccc2)CC[C@H]1c1ccccc1. The zero-order valence-electron chi connectivity index (χ0n) is 21.2. The van der Waals surface area contributed by atoms with Crippen molar-refractivity contribution in [2.45, 2.75) is 48.3 Å². The smallest absolute Gasteiger partial charge is 0.215 e. The Morgan fingerprint density at radius 1 is 0.474 bits per heavy atom. The van der Waals surface area contributed by atoms with E-state index in [1.54, 1.807) is 0 Å². The van der Waals surface area contributed by atoms with E-state index in [0.29, 0.717) is 0 Å². The van der Waals surface area contributed by atoms with Crippen LogP contribution in [0.1, 0.15) is 70.6 Å². The molecule has 4 atom stereocenters. The summed E-state index contributed by atoms with van der Waals surface area (Å²) in [7, 11) is -3.21. The molecule has 4 aromatic rings. The standard InChI is InChI=1S/C16H16ClOP.C16H17O2P/c2*17-19(18)15(13-7-3-1-4-8-13)11-12-16(19)14-9-5-2-6-10-14/h1-10,15-16H,11-12H2;1-10,15-16H,11-12H2,(H,17,18)/t2*15-,16-/m00/s1. The minimum atomic E-state index is -3.21. The lowest BCUT2D eigenvalue weighted by atomic mass is 10.0. The van der Waals surface area contributed by atoms with Crippen molar-refractivity contribution in [2.75, 3.05) is 0 Å². The van der Waals surface area contributed by atoms with Gasteiger partial charge in [0, 0.05) is 0 Å². The molecule has 2 aliphatic rings. The molecule has 4 aromatic carbocycles. The molecule has 196 valence electrons. The van der Waals surface area contributed by atoms with E-state index >= 15 is 0 Å². The Balaban J connectivity index is 0.000000155. The Morgan fingerprint density at radius 3 is 1.00 bits per heavy atom. The molecular weight excluding hydrogens is 530 g/mol. The summed E-state index contributed by atoms with van der Waals surface area (Å²) < 4.78 is 25.9. The molecule has 6 rings (SSSR count). The van der Waals surface area contributed by atoms with E-state index < -0.39 is 13.9 Å². The summed E-state index contributed by atoms with van der Waals surface area (Å²) in [5.41, 5.74) is 3.79. The molecule has 0 aromatic heterocycles. The molecule has 0 amide bonds. The first-order valence-corrected chi connectivity index (χ1v) is 17.7. The van der Waals surface area contributed by atoms with Crippen LogP contribution in [0.5, 0.6) is 0 Å². The minimum Gasteiger partial charge on any atom is -0.343 e. The van der Waals surface area contributed by atoms with Crippen molar-refractivity contribution in [1.82, 2.24) is 0 Å². The lowest BCUT2D eigenvalue weighted by Gasteiger charge is -2.20. The van der Waals surface area contributed by atoms with Crippen LogP contribution >= 0.6 is 25.1 Å². The normalized spacial score (nSPS) is 25.3. The molecule has 0 unspecified atom stereocenters. The van der Waals surface area contributed by atoms with E-state index in [4.69, 9.17) is 11.2 Å². The van der Waals surface area contributed by atoms with E-state index in [1.165, 1.54) is 0 Å². The minimum absolute atomic E-state index is 0.000530. The van der Waals surface area contributed by atoms with Crippen LogP contribution in [0.4, 0.5) is 0 Å². The number of halogens is 1. The third-order valence-corrected chi connectivity index (χ3v) is 15.0. The fourth-order valence-electron chi connectivity index (χ4n) is 5.99. The van der Waals surface area contributed by atoms with Gasteiger partial charge in [-0.3, -0.25) is 4.57 Å². The molecule has 0 radical (unpaired) electrons. The summed E-state index contributed by atoms with van der Waals surface area (Å²) in [4.78, 5) is 10.6. The summed E-state index contributed by atoms with van der Waals surface area (Å²) in [5.74, 6) is 0. The average Bonchev–Trinajstić information content (AvgIpc) is 3.45. The van der Waals surface area contributed by atoms with Crippen molar-refractivity contribution in [1.29, 1.82) is 0 Å². The molecule has 2 fully saturated rings. The van der Waals surface area contributed by atoms with E-state index in [1.807, 2.05) is 121 Å². The van der Waals surface area contributed by atoms with Crippen LogP contribution in [-0.2, 0) is 9.13 Å². The summed E-state index contributed by atoms with van der Waals surface area (Å²) in [5, 5.41) is 0. The molecule has 1 N–H and O–H groups in total. The second-order valence-corrected chi connectivity index (χ2v) is 16.8. The van der Waals surface area contributed by atoms with Gasteiger partial charge in [-0.15, -0.1) is 0 Å². The monoisotopic (exact) mass is 562 g/mol. The van der Waals surface area contributed by atoms with Gasteiger partial charge in [0.25, 0.3) is 0 Å². The summed E-state index contributed by atoms with van der Waals surface area (Å²) in [6.45, 7) is -2.74. The van der Waals surface area contributed by atoms with Crippen LogP contribution < -0.4 is 0 Å². The van der Waals surface area contributed by atoms with Crippen molar-refractivity contribution in [3.8, 4) is 0 Å². The molecule has 6 heteroatoms. The first-order valence-electron chi connectivity index (χ1n) is 13.2. The summed E-state index contributed by atoms with van der Waals surface area (Å²) >= 11 is 6.52. The number of hydrogen-bond acceptors (Lipinski definition) is 2. The summed E-state index contributed by atoms with van der Waals surface area (Å²) in [6, 6.07) is 39.5. The van der Waals surface area contributed by atoms with Crippen molar-refractivity contribution in [2.24, 2.45) is 0 Å². The highest BCUT2D eigenvalue weighted by Crippen LogP contribution is 2.79. The van der Waals surface area contributed by atoms with Crippen molar-refractivity contribution in [3.05, 3.63) is 144 Å². The highest BCUT2D eigenvalue weighted by molar-refractivity contribution is 7.89. The van der Waals surface area contributed by atoms with Gasteiger partial charge < -0.3 is 9.46 Å². The van der Waals surface area contributed by atoms with Gasteiger partial charge in [0.2, 0.25) is 7.37 Å². The highest BCUT2D eigenvalue weighted by atomic mass is 35.7. The fourth-order valence-corrected chi connectivity index (χ4v) is 12.5. The topological polar surface area (TPSA) is 54.4 Å².